The van der Waals surface area contributed by atoms with Gasteiger partial charge in [-0.25, -0.2) is 0 Å². The predicted octanol–water partition coefficient (Wildman–Crippen LogP) is 5.40. The lowest BCUT2D eigenvalue weighted by atomic mass is 9.46. The SMILES string of the molecule is CC1CC2(C)C(=CC1=O)CCC1C2CCC2(C)C(C)CCC12. The molecule has 3 fully saturated rings. The highest BCUT2D eigenvalue weighted by Gasteiger charge is 2.58. The van der Waals surface area contributed by atoms with Crippen molar-refractivity contribution in [3.8, 4) is 0 Å². The standard InChI is InChI=1S/C21H32O/c1-13-12-21(4)15(11-19(13)22)6-7-16-17-8-5-14(2)20(17,3)10-9-18(16)21/h11,13-14,16-18H,5-10,12H2,1-4H3. The van der Waals surface area contributed by atoms with E-state index in [-0.39, 0.29) is 5.92 Å². The minimum Gasteiger partial charge on any atom is -0.295 e. The van der Waals surface area contributed by atoms with Gasteiger partial charge in [0.1, 0.15) is 0 Å². The summed E-state index contributed by atoms with van der Waals surface area (Å²) in [7, 11) is 0. The van der Waals surface area contributed by atoms with E-state index in [4.69, 9.17) is 0 Å². The molecule has 0 aromatic carbocycles. The molecule has 22 heavy (non-hydrogen) atoms. The number of hydrogen-bond donors (Lipinski definition) is 0. The van der Waals surface area contributed by atoms with Gasteiger partial charge in [-0.3, -0.25) is 4.79 Å². The Bertz CT molecular complexity index is 532. The lowest BCUT2D eigenvalue weighted by molar-refractivity contribution is -0.121. The van der Waals surface area contributed by atoms with Crippen LogP contribution in [0, 0.1) is 40.4 Å². The maximum Gasteiger partial charge on any atom is 0.158 e. The number of rotatable bonds is 0. The molecule has 1 nitrogen and oxygen atoms in total. The van der Waals surface area contributed by atoms with Crippen molar-refractivity contribution in [3.05, 3.63) is 11.6 Å². The van der Waals surface area contributed by atoms with Crippen LogP contribution in [0.5, 0.6) is 0 Å². The Balaban J connectivity index is 1.70. The molecular formula is C21H32O. The third kappa shape index (κ3) is 1.80. The van der Waals surface area contributed by atoms with E-state index < -0.39 is 0 Å². The largest absolute Gasteiger partial charge is 0.295 e. The molecule has 3 saturated carbocycles. The Morgan fingerprint density at radius 2 is 1.82 bits per heavy atom. The van der Waals surface area contributed by atoms with Crippen molar-refractivity contribution in [1.82, 2.24) is 0 Å². The molecule has 0 radical (unpaired) electrons. The second-order valence-corrected chi connectivity index (χ2v) is 9.53. The van der Waals surface area contributed by atoms with E-state index in [1.807, 2.05) is 0 Å². The first-order valence-electron chi connectivity index (χ1n) is 9.61. The number of allylic oxidation sites excluding steroid dienone is 1. The van der Waals surface area contributed by atoms with Crippen LogP contribution in [0.25, 0.3) is 0 Å². The van der Waals surface area contributed by atoms with Gasteiger partial charge in [0.2, 0.25) is 0 Å². The zero-order chi connectivity index (χ0) is 15.7. The van der Waals surface area contributed by atoms with Crippen LogP contribution in [-0.4, -0.2) is 5.78 Å². The summed E-state index contributed by atoms with van der Waals surface area (Å²) in [6.45, 7) is 9.73. The molecular weight excluding hydrogens is 268 g/mol. The summed E-state index contributed by atoms with van der Waals surface area (Å²) >= 11 is 0. The molecule has 0 saturated heterocycles. The Morgan fingerprint density at radius 3 is 2.59 bits per heavy atom. The second-order valence-electron chi connectivity index (χ2n) is 9.53. The molecule has 7 unspecified atom stereocenters. The van der Waals surface area contributed by atoms with Crippen LogP contribution in [-0.2, 0) is 4.79 Å². The lowest BCUT2D eigenvalue weighted by Crippen LogP contribution is -2.51. The Kier molecular flexibility index (Phi) is 3.20. The maximum absolute atomic E-state index is 12.2. The Hall–Kier alpha value is -0.590. The summed E-state index contributed by atoms with van der Waals surface area (Å²) < 4.78 is 0. The van der Waals surface area contributed by atoms with E-state index >= 15 is 0 Å². The molecule has 0 bridgehead atoms. The molecule has 0 aromatic heterocycles. The van der Waals surface area contributed by atoms with Gasteiger partial charge in [-0.2, -0.15) is 0 Å². The van der Waals surface area contributed by atoms with Crippen LogP contribution in [0.2, 0.25) is 0 Å². The molecule has 0 N–H and O–H groups in total. The minimum atomic E-state index is 0.239. The minimum absolute atomic E-state index is 0.239. The molecule has 0 spiro atoms. The van der Waals surface area contributed by atoms with Crippen LogP contribution < -0.4 is 0 Å². The third-order valence-corrected chi connectivity index (χ3v) is 8.74. The van der Waals surface area contributed by atoms with Crippen molar-refractivity contribution in [3.63, 3.8) is 0 Å². The van der Waals surface area contributed by atoms with E-state index in [0.717, 1.165) is 30.1 Å². The fourth-order valence-electron chi connectivity index (χ4n) is 7.16. The fourth-order valence-corrected chi connectivity index (χ4v) is 7.16. The molecule has 0 aliphatic heterocycles. The number of hydrogen-bond acceptors (Lipinski definition) is 1. The third-order valence-electron chi connectivity index (χ3n) is 8.74. The van der Waals surface area contributed by atoms with Crippen LogP contribution in [0.3, 0.4) is 0 Å². The van der Waals surface area contributed by atoms with Gasteiger partial charge in [0.05, 0.1) is 0 Å². The van der Waals surface area contributed by atoms with Gasteiger partial charge >= 0.3 is 0 Å². The smallest absolute Gasteiger partial charge is 0.158 e. The average molecular weight is 300 g/mol. The summed E-state index contributed by atoms with van der Waals surface area (Å²) in [6.07, 6.45) is 11.4. The summed E-state index contributed by atoms with van der Waals surface area (Å²) in [4.78, 5) is 12.2. The first-order valence-corrected chi connectivity index (χ1v) is 9.61. The van der Waals surface area contributed by atoms with Gasteiger partial charge in [-0.15, -0.1) is 0 Å². The van der Waals surface area contributed by atoms with Crippen molar-refractivity contribution >= 4 is 5.78 Å². The van der Waals surface area contributed by atoms with Gasteiger partial charge in [0, 0.05) is 5.92 Å². The Morgan fingerprint density at radius 1 is 1.05 bits per heavy atom. The number of carbonyl (C=O) groups is 1. The number of ketones is 1. The summed E-state index contributed by atoms with van der Waals surface area (Å²) in [5.41, 5.74) is 2.43. The van der Waals surface area contributed by atoms with Crippen molar-refractivity contribution in [1.29, 1.82) is 0 Å². The van der Waals surface area contributed by atoms with E-state index in [1.165, 1.54) is 44.1 Å². The highest BCUT2D eigenvalue weighted by molar-refractivity contribution is 5.93. The molecule has 4 aliphatic rings. The van der Waals surface area contributed by atoms with Crippen molar-refractivity contribution in [2.75, 3.05) is 0 Å². The topological polar surface area (TPSA) is 17.1 Å². The van der Waals surface area contributed by atoms with Gasteiger partial charge in [-0.05, 0) is 85.5 Å². The van der Waals surface area contributed by atoms with Crippen LogP contribution in [0.4, 0.5) is 0 Å². The summed E-state index contributed by atoms with van der Waals surface area (Å²) in [5.74, 6) is 4.25. The van der Waals surface area contributed by atoms with Gasteiger partial charge in [0.15, 0.2) is 5.78 Å². The normalized spacial score (nSPS) is 54.3. The Labute approximate surface area is 135 Å². The van der Waals surface area contributed by atoms with Crippen molar-refractivity contribution < 1.29 is 4.79 Å². The molecule has 1 heteroatoms. The molecule has 4 rings (SSSR count). The van der Waals surface area contributed by atoms with E-state index in [1.54, 1.807) is 0 Å². The van der Waals surface area contributed by atoms with Crippen molar-refractivity contribution in [2.24, 2.45) is 40.4 Å². The molecule has 0 aromatic rings. The fraction of sp³-hybridized carbons (Fsp3) is 0.857. The van der Waals surface area contributed by atoms with Gasteiger partial charge < -0.3 is 0 Å². The summed E-state index contributed by atoms with van der Waals surface area (Å²) in [6, 6.07) is 0. The molecule has 0 amide bonds. The first-order chi connectivity index (χ1) is 10.4. The zero-order valence-corrected chi connectivity index (χ0v) is 14.8. The zero-order valence-electron chi connectivity index (χ0n) is 14.8. The van der Waals surface area contributed by atoms with E-state index in [2.05, 4.69) is 33.8 Å². The maximum atomic E-state index is 12.2. The molecule has 122 valence electrons. The highest BCUT2D eigenvalue weighted by atomic mass is 16.1. The summed E-state index contributed by atoms with van der Waals surface area (Å²) in [5, 5.41) is 0. The van der Waals surface area contributed by atoms with Gasteiger partial charge in [-0.1, -0.05) is 33.3 Å². The lowest BCUT2D eigenvalue weighted by Gasteiger charge is -2.58. The molecule has 7 atom stereocenters. The van der Waals surface area contributed by atoms with Crippen LogP contribution >= 0.6 is 0 Å². The van der Waals surface area contributed by atoms with Gasteiger partial charge in [0.25, 0.3) is 0 Å². The monoisotopic (exact) mass is 300 g/mol. The molecule has 0 heterocycles. The van der Waals surface area contributed by atoms with E-state index in [0.29, 0.717) is 16.6 Å². The quantitative estimate of drug-likeness (QED) is 0.585. The average Bonchev–Trinajstić information content (AvgIpc) is 2.77. The highest BCUT2D eigenvalue weighted by Crippen LogP contribution is 2.66. The predicted molar refractivity (Wildman–Crippen MR) is 90.4 cm³/mol. The first kappa shape index (κ1) is 15.0. The van der Waals surface area contributed by atoms with Crippen LogP contribution in [0.1, 0.15) is 72.6 Å². The van der Waals surface area contributed by atoms with Crippen molar-refractivity contribution in [2.45, 2.75) is 72.6 Å². The second kappa shape index (κ2) is 4.71. The number of fused-ring (bicyclic) bond motifs is 5. The molecule has 4 aliphatic carbocycles. The van der Waals surface area contributed by atoms with E-state index in [9.17, 15) is 4.79 Å². The number of carbonyl (C=O) groups excluding carboxylic acids is 1. The van der Waals surface area contributed by atoms with Crippen LogP contribution in [0.15, 0.2) is 11.6 Å².